The van der Waals surface area contributed by atoms with E-state index in [1.54, 1.807) is 0 Å². The Labute approximate surface area is 110 Å². The molecule has 6 nitrogen and oxygen atoms in total. The van der Waals surface area contributed by atoms with Crippen molar-refractivity contribution in [1.82, 2.24) is 10.3 Å². The third-order valence-electron chi connectivity index (χ3n) is 2.29. The minimum absolute atomic E-state index is 0.0228. The molecule has 0 aliphatic heterocycles. The number of nitro groups is 1. The van der Waals surface area contributed by atoms with E-state index in [2.05, 4.69) is 10.3 Å². The maximum absolute atomic E-state index is 11.8. The molecule has 0 spiro atoms. The van der Waals surface area contributed by atoms with E-state index in [0.29, 0.717) is 12.5 Å². The van der Waals surface area contributed by atoms with Crippen molar-refractivity contribution < 1.29 is 9.72 Å². The van der Waals surface area contributed by atoms with E-state index in [1.807, 2.05) is 13.8 Å². The van der Waals surface area contributed by atoms with Crippen LogP contribution in [0.4, 0.5) is 5.69 Å². The Balaban J connectivity index is 2.78. The average Bonchev–Trinajstić information content (AvgIpc) is 2.28. The van der Waals surface area contributed by atoms with Crippen molar-refractivity contribution in [2.24, 2.45) is 5.92 Å². The van der Waals surface area contributed by atoms with Crippen LogP contribution >= 0.6 is 11.6 Å². The average molecular weight is 272 g/mol. The zero-order chi connectivity index (χ0) is 13.7. The van der Waals surface area contributed by atoms with Crippen LogP contribution in [0.3, 0.4) is 0 Å². The van der Waals surface area contributed by atoms with Gasteiger partial charge in [-0.25, -0.2) is 4.98 Å². The van der Waals surface area contributed by atoms with Gasteiger partial charge < -0.3 is 5.32 Å². The minimum Gasteiger partial charge on any atom is -0.352 e. The molecule has 0 aliphatic rings. The summed E-state index contributed by atoms with van der Waals surface area (Å²) in [7, 11) is 0. The number of amides is 1. The van der Waals surface area contributed by atoms with Gasteiger partial charge in [-0.15, -0.1) is 0 Å². The van der Waals surface area contributed by atoms with Gasteiger partial charge in [-0.05, 0) is 12.3 Å². The molecule has 98 valence electrons. The summed E-state index contributed by atoms with van der Waals surface area (Å²) in [5.74, 6) is 0.0147. The van der Waals surface area contributed by atoms with Crippen molar-refractivity contribution in [3.8, 4) is 0 Å². The topological polar surface area (TPSA) is 85.1 Å². The van der Waals surface area contributed by atoms with Gasteiger partial charge in [0.25, 0.3) is 11.6 Å². The summed E-state index contributed by atoms with van der Waals surface area (Å²) in [6.07, 6.45) is 1.85. The SMILES string of the molecule is CC(C)CCNC(=O)c1cc([N+](=O)[O-])cnc1Cl. The standard InChI is InChI=1S/C11H14ClN3O3/c1-7(2)3-4-13-11(16)9-5-8(15(17)18)6-14-10(9)12/h5-7H,3-4H2,1-2H3,(H,13,16). The third-order valence-corrected chi connectivity index (χ3v) is 2.59. The van der Waals surface area contributed by atoms with Crippen molar-refractivity contribution in [3.63, 3.8) is 0 Å². The summed E-state index contributed by atoms with van der Waals surface area (Å²) < 4.78 is 0. The maximum atomic E-state index is 11.8. The van der Waals surface area contributed by atoms with E-state index in [4.69, 9.17) is 11.6 Å². The zero-order valence-electron chi connectivity index (χ0n) is 10.1. The van der Waals surface area contributed by atoms with Crippen molar-refractivity contribution in [2.45, 2.75) is 20.3 Å². The first kappa shape index (κ1) is 14.4. The van der Waals surface area contributed by atoms with Gasteiger partial charge in [-0.3, -0.25) is 14.9 Å². The number of hydrogen-bond acceptors (Lipinski definition) is 4. The Bertz CT molecular complexity index is 463. The first-order valence-electron chi connectivity index (χ1n) is 5.50. The molecule has 0 bridgehead atoms. The lowest BCUT2D eigenvalue weighted by atomic mass is 10.1. The highest BCUT2D eigenvalue weighted by Crippen LogP contribution is 2.18. The minimum atomic E-state index is -0.617. The number of pyridine rings is 1. The highest BCUT2D eigenvalue weighted by atomic mass is 35.5. The van der Waals surface area contributed by atoms with Crippen molar-refractivity contribution in [1.29, 1.82) is 0 Å². The van der Waals surface area contributed by atoms with Gasteiger partial charge in [0.2, 0.25) is 0 Å². The third kappa shape index (κ3) is 3.96. The summed E-state index contributed by atoms with van der Waals surface area (Å²) in [6, 6.07) is 1.13. The summed E-state index contributed by atoms with van der Waals surface area (Å²) >= 11 is 5.74. The van der Waals surface area contributed by atoms with Crippen LogP contribution in [0.25, 0.3) is 0 Å². The highest BCUT2D eigenvalue weighted by Gasteiger charge is 2.16. The van der Waals surface area contributed by atoms with Crippen LogP contribution in [-0.4, -0.2) is 22.4 Å². The monoisotopic (exact) mass is 271 g/mol. The van der Waals surface area contributed by atoms with Gasteiger partial charge in [-0.2, -0.15) is 0 Å². The number of nitrogens with zero attached hydrogens (tertiary/aromatic N) is 2. The molecule has 0 unspecified atom stereocenters. The van der Waals surface area contributed by atoms with Crippen molar-refractivity contribution in [3.05, 3.63) is 33.1 Å². The summed E-state index contributed by atoms with van der Waals surface area (Å²) in [5.41, 5.74) is -0.233. The molecule has 0 saturated carbocycles. The number of carbonyl (C=O) groups excluding carboxylic acids is 1. The molecule has 0 atom stereocenters. The first-order valence-corrected chi connectivity index (χ1v) is 5.87. The molecule has 1 aromatic heterocycles. The largest absolute Gasteiger partial charge is 0.352 e. The molecule has 0 aromatic carbocycles. The molecule has 0 aliphatic carbocycles. The fraction of sp³-hybridized carbons (Fsp3) is 0.455. The Hall–Kier alpha value is -1.69. The van der Waals surface area contributed by atoms with E-state index in [-0.39, 0.29) is 16.4 Å². The number of carbonyl (C=O) groups is 1. The predicted octanol–water partition coefficient (Wildman–Crippen LogP) is 2.42. The second kappa shape index (κ2) is 6.30. The van der Waals surface area contributed by atoms with E-state index in [0.717, 1.165) is 18.7 Å². The van der Waals surface area contributed by atoms with Gasteiger partial charge >= 0.3 is 0 Å². The molecule has 1 amide bonds. The van der Waals surface area contributed by atoms with Crippen LogP contribution in [0, 0.1) is 16.0 Å². The lowest BCUT2D eigenvalue weighted by Crippen LogP contribution is -2.25. The predicted molar refractivity (Wildman–Crippen MR) is 67.7 cm³/mol. The van der Waals surface area contributed by atoms with Crippen LogP contribution in [-0.2, 0) is 0 Å². The normalized spacial score (nSPS) is 10.4. The smallest absolute Gasteiger partial charge is 0.288 e. The van der Waals surface area contributed by atoms with Gasteiger partial charge in [0.1, 0.15) is 11.3 Å². The number of hydrogen-bond donors (Lipinski definition) is 1. The van der Waals surface area contributed by atoms with Crippen LogP contribution in [0.1, 0.15) is 30.6 Å². The number of rotatable bonds is 5. The molecule has 0 saturated heterocycles. The zero-order valence-corrected chi connectivity index (χ0v) is 10.9. The molecule has 0 radical (unpaired) electrons. The Kier molecular flexibility index (Phi) is 5.03. The first-order chi connectivity index (χ1) is 8.41. The van der Waals surface area contributed by atoms with Gasteiger partial charge in [0.15, 0.2) is 0 Å². The lowest BCUT2D eigenvalue weighted by molar-refractivity contribution is -0.385. The van der Waals surface area contributed by atoms with Crippen LogP contribution in [0.15, 0.2) is 12.3 Å². The second-order valence-electron chi connectivity index (χ2n) is 4.23. The molecule has 1 N–H and O–H groups in total. The summed E-state index contributed by atoms with van der Waals surface area (Å²) in [6.45, 7) is 4.57. The summed E-state index contributed by atoms with van der Waals surface area (Å²) in [4.78, 5) is 25.4. The van der Waals surface area contributed by atoms with Crippen molar-refractivity contribution in [2.75, 3.05) is 6.54 Å². The molecule has 1 rings (SSSR count). The molecule has 0 fully saturated rings. The molecule has 18 heavy (non-hydrogen) atoms. The Morgan fingerprint density at radius 3 is 2.83 bits per heavy atom. The lowest BCUT2D eigenvalue weighted by Gasteiger charge is -2.07. The van der Waals surface area contributed by atoms with Gasteiger partial charge in [0.05, 0.1) is 10.5 Å². The second-order valence-corrected chi connectivity index (χ2v) is 4.59. The van der Waals surface area contributed by atoms with E-state index in [9.17, 15) is 14.9 Å². The van der Waals surface area contributed by atoms with E-state index >= 15 is 0 Å². The molecular formula is C11H14ClN3O3. The fourth-order valence-electron chi connectivity index (χ4n) is 1.27. The van der Waals surface area contributed by atoms with Crippen LogP contribution < -0.4 is 5.32 Å². The van der Waals surface area contributed by atoms with E-state index in [1.165, 1.54) is 0 Å². The Morgan fingerprint density at radius 2 is 2.28 bits per heavy atom. The van der Waals surface area contributed by atoms with Crippen LogP contribution in [0.5, 0.6) is 0 Å². The van der Waals surface area contributed by atoms with Gasteiger partial charge in [-0.1, -0.05) is 25.4 Å². The number of nitrogens with one attached hydrogen (secondary N) is 1. The molecule has 1 heterocycles. The quantitative estimate of drug-likeness (QED) is 0.506. The summed E-state index contributed by atoms with van der Waals surface area (Å²) in [5, 5.41) is 13.2. The highest BCUT2D eigenvalue weighted by molar-refractivity contribution is 6.32. The maximum Gasteiger partial charge on any atom is 0.288 e. The van der Waals surface area contributed by atoms with E-state index < -0.39 is 10.8 Å². The number of aromatic nitrogens is 1. The molecular weight excluding hydrogens is 258 g/mol. The fourth-order valence-corrected chi connectivity index (χ4v) is 1.45. The molecule has 1 aromatic rings. The van der Waals surface area contributed by atoms with Gasteiger partial charge in [0, 0.05) is 12.6 Å². The van der Waals surface area contributed by atoms with Crippen LogP contribution in [0.2, 0.25) is 5.15 Å². The Morgan fingerprint density at radius 1 is 1.61 bits per heavy atom. The molecule has 7 heteroatoms. The number of halogens is 1. The van der Waals surface area contributed by atoms with Crippen molar-refractivity contribution >= 4 is 23.2 Å².